The number of rotatable bonds is 1. The Bertz CT molecular complexity index is 595. The zero-order valence-electron chi connectivity index (χ0n) is 8.99. The van der Waals surface area contributed by atoms with Crippen molar-refractivity contribution in [3.8, 4) is 22.6 Å². The van der Waals surface area contributed by atoms with E-state index in [1.807, 2.05) is 13.0 Å². The molecule has 0 saturated carbocycles. The van der Waals surface area contributed by atoms with Crippen molar-refractivity contribution in [1.29, 1.82) is 0 Å². The van der Waals surface area contributed by atoms with Gasteiger partial charge in [-0.25, -0.2) is 0 Å². The van der Waals surface area contributed by atoms with Gasteiger partial charge in [-0.3, -0.25) is 0 Å². The van der Waals surface area contributed by atoms with Gasteiger partial charge in [-0.1, -0.05) is 21.1 Å². The number of benzene rings is 1. The molecule has 0 atom stereocenters. The lowest BCUT2D eigenvalue weighted by atomic mass is 10.0. The zero-order valence-corrected chi connectivity index (χ0v) is 10.6. The van der Waals surface area contributed by atoms with Crippen LogP contribution in [-0.2, 0) is 0 Å². The van der Waals surface area contributed by atoms with Gasteiger partial charge in [0.25, 0.3) is 0 Å². The van der Waals surface area contributed by atoms with Crippen LogP contribution in [0, 0.1) is 6.92 Å². The van der Waals surface area contributed by atoms with Gasteiger partial charge in [0.2, 0.25) is 12.7 Å². The summed E-state index contributed by atoms with van der Waals surface area (Å²) in [5, 5.41) is 3.68. The normalized spacial score (nSPS) is 13.1. The number of hydrogen-bond acceptors (Lipinski definition) is 5. The second-order valence-corrected chi connectivity index (χ2v) is 4.55. The fourth-order valence-electron chi connectivity index (χ4n) is 1.86. The van der Waals surface area contributed by atoms with Gasteiger partial charge >= 0.3 is 0 Å². The van der Waals surface area contributed by atoms with Crippen LogP contribution in [0.2, 0.25) is 0 Å². The molecule has 2 aromatic rings. The van der Waals surface area contributed by atoms with Gasteiger partial charge in [0, 0.05) is 10.0 Å². The highest BCUT2D eigenvalue weighted by Gasteiger charge is 2.25. The number of hydrogen-bond donors (Lipinski definition) is 1. The van der Waals surface area contributed by atoms with Crippen LogP contribution in [-0.4, -0.2) is 11.9 Å². The van der Waals surface area contributed by atoms with E-state index in [9.17, 15) is 0 Å². The number of ether oxygens (including phenoxy) is 2. The first-order valence-electron chi connectivity index (χ1n) is 4.97. The van der Waals surface area contributed by atoms with Gasteiger partial charge in [0.05, 0.1) is 11.8 Å². The molecule has 0 saturated heterocycles. The second kappa shape index (κ2) is 3.66. The van der Waals surface area contributed by atoms with Crippen molar-refractivity contribution >= 4 is 21.8 Å². The summed E-state index contributed by atoms with van der Waals surface area (Å²) in [4.78, 5) is 0. The zero-order chi connectivity index (χ0) is 12.0. The van der Waals surface area contributed by atoms with E-state index >= 15 is 0 Å². The van der Waals surface area contributed by atoms with Crippen LogP contribution in [0.25, 0.3) is 11.1 Å². The SMILES string of the molecule is Cc1c(Br)cc2c(c1-c1cnoc1N)OCO2. The fraction of sp³-hybridized carbons (Fsp3) is 0.182. The first kappa shape index (κ1) is 10.5. The van der Waals surface area contributed by atoms with Crippen LogP contribution in [0.15, 0.2) is 21.3 Å². The van der Waals surface area contributed by atoms with Gasteiger partial charge in [-0.2, -0.15) is 0 Å². The molecule has 0 fully saturated rings. The lowest BCUT2D eigenvalue weighted by Crippen LogP contribution is -1.94. The number of nitrogens with two attached hydrogens (primary N) is 1. The van der Waals surface area contributed by atoms with Gasteiger partial charge in [-0.05, 0) is 18.6 Å². The molecular weight excluding hydrogens is 288 g/mol. The first-order valence-corrected chi connectivity index (χ1v) is 5.77. The van der Waals surface area contributed by atoms with E-state index in [4.69, 9.17) is 19.7 Å². The summed E-state index contributed by atoms with van der Waals surface area (Å²) >= 11 is 3.48. The summed E-state index contributed by atoms with van der Waals surface area (Å²) in [6.07, 6.45) is 1.58. The lowest BCUT2D eigenvalue weighted by molar-refractivity contribution is 0.174. The van der Waals surface area contributed by atoms with Gasteiger partial charge in [-0.15, -0.1) is 0 Å². The molecule has 0 aliphatic carbocycles. The van der Waals surface area contributed by atoms with Crippen LogP contribution in [0.1, 0.15) is 5.56 Å². The van der Waals surface area contributed by atoms with Crippen molar-refractivity contribution in [1.82, 2.24) is 5.16 Å². The van der Waals surface area contributed by atoms with E-state index in [0.717, 1.165) is 15.6 Å². The molecule has 2 heterocycles. The number of halogens is 1. The molecule has 0 radical (unpaired) electrons. The van der Waals surface area contributed by atoms with E-state index < -0.39 is 0 Å². The number of anilines is 1. The number of nitrogens with zero attached hydrogens (tertiary/aromatic N) is 1. The van der Waals surface area contributed by atoms with Crippen molar-refractivity contribution in [3.05, 3.63) is 22.3 Å². The van der Waals surface area contributed by atoms with E-state index in [2.05, 4.69) is 21.1 Å². The van der Waals surface area contributed by atoms with Crippen molar-refractivity contribution in [2.75, 3.05) is 12.5 Å². The van der Waals surface area contributed by atoms with Crippen LogP contribution >= 0.6 is 15.9 Å². The molecule has 0 bridgehead atoms. The van der Waals surface area contributed by atoms with E-state index in [-0.39, 0.29) is 12.7 Å². The number of aromatic nitrogens is 1. The van der Waals surface area contributed by atoms with Crippen LogP contribution in [0.5, 0.6) is 11.5 Å². The highest BCUT2D eigenvalue weighted by atomic mass is 79.9. The van der Waals surface area contributed by atoms with E-state index in [0.29, 0.717) is 17.1 Å². The maximum absolute atomic E-state index is 5.74. The Morgan fingerprint density at radius 3 is 2.94 bits per heavy atom. The molecule has 3 rings (SSSR count). The molecule has 0 spiro atoms. The summed E-state index contributed by atoms with van der Waals surface area (Å²) in [7, 11) is 0. The molecule has 1 aliphatic heterocycles. The molecular formula is C11H9BrN2O3. The summed E-state index contributed by atoms with van der Waals surface area (Å²) in [6, 6.07) is 1.88. The second-order valence-electron chi connectivity index (χ2n) is 3.70. The van der Waals surface area contributed by atoms with Gasteiger partial charge in [0.1, 0.15) is 0 Å². The quantitative estimate of drug-likeness (QED) is 0.876. The van der Waals surface area contributed by atoms with Gasteiger partial charge < -0.3 is 19.7 Å². The summed E-state index contributed by atoms with van der Waals surface area (Å²) < 4.78 is 16.7. The highest BCUT2D eigenvalue weighted by molar-refractivity contribution is 9.10. The minimum atomic E-state index is 0.212. The Morgan fingerprint density at radius 1 is 1.41 bits per heavy atom. The molecule has 1 aliphatic rings. The average molecular weight is 297 g/mol. The smallest absolute Gasteiger partial charge is 0.231 e. The Kier molecular flexibility index (Phi) is 2.25. The standard InChI is InChI=1S/C11H9BrN2O3/c1-5-7(12)2-8-10(16-4-15-8)9(5)6-3-14-17-11(6)13/h2-3H,4,13H2,1H3. The van der Waals surface area contributed by atoms with Crippen LogP contribution < -0.4 is 15.2 Å². The Labute approximate surface area is 106 Å². The summed E-state index contributed by atoms with van der Waals surface area (Å²) in [5.74, 6) is 1.64. The summed E-state index contributed by atoms with van der Waals surface area (Å²) in [6.45, 7) is 2.18. The molecule has 1 aromatic heterocycles. The maximum Gasteiger partial charge on any atom is 0.231 e. The lowest BCUT2D eigenvalue weighted by Gasteiger charge is -2.09. The van der Waals surface area contributed by atoms with Gasteiger partial charge in [0.15, 0.2) is 11.5 Å². The van der Waals surface area contributed by atoms with Crippen LogP contribution in [0.3, 0.4) is 0 Å². The average Bonchev–Trinajstić information content (AvgIpc) is 2.89. The number of fused-ring (bicyclic) bond motifs is 1. The minimum absolute atomic E-state index is 0.212. The third-order valence-electron chi connectivity index (χ3n) is 2.73. The highest BCUT2D eigenvalue weighted by Crippen LogP contribution is 2.47. The fourth-order valence-corrected chi connectivity index (χ4v) is 2.27. The topological polar surface area (TPSA) is 70.5 Å². The molecule has 6 heteroatoms. The Morgan fingerprint density at radius 2 is 2.24 bits per heavy atom. The molecule has 5 nitrogen and oxygen atoms in total. The molecule has 0 amide bonds. The predicted molar refractivity (Wildman–Crippen MR) is 64.9 cm³/mol. The monoisotopic (exact) mass is 296 g/mol. The minimum Gasteiger partial charge on any atom is -0.454 e. The van der Waals surface area contributed by atoms with E-state index in [1.54, 1.807) is 6.20 Å². The molecule has 2 N–H and O–H groups in total. The Balaban J connectivity index is 2.33. The largest absolute Gasteiger partial charge is 0.454 e. The van der Waals surface area contributed by atoms with Crippen LogP contribution in [0.4, 0.5) is 5.88 Å². The molecule has 0 unspecified atom stereocenters. The third-order valence-corrected chi connectivity index (χ3v) is 3.55. The predicted octanol–water partition coefficient (Wildman–Crippen LogP) is 2.72. The van der Waals surface area contributed by atoms with Crippen molar-refractivity contribution in [2.45, 2.75) is 6.92 Å². The Hall–Kier alpha value is -1.69. The third kappa shape index (κ3) is 1.48. The van der Waals surface area contributed by atoms with E-state index in [1.165, 1.54) is 0 Å². The summed E-state index contributed by atoms with van der Waals surface area (Å²) in [5.41, 5.74) is 8.31. The molecule has 1 aromatic carbocycles. The maximum atomic E-state index is 5.74. The van der Waals surface area contributed by atoms with Crippen molar-refractivity contribution in [3.63, 3.8) is 0 Å². The first-order chi connectivity index (χ1) is 8.18. The number of nitrogen functional groups attached to an aromatic ring is 1. The van der Waals surface area contributed by atoms with Crippen molar-refractivity contribution in [2.24, 2.45) is 0 Å². The molecule has 88 valence electrons. The van der Waals surface area contributed by atoms with Crippen molar-refractivity contribution < 1.29 is 14.0 Å². The molecule has 17 heavy (non-hydrogen) atoms.